The summed E-state index contributed by atoms with van der Waals surface area (Å²) < 4.78 is 0. The highest BCUT2D eigenvalue weighted by atomic mass is 16.1. The quantitative estimate of drug-likeness (QED) is 0.576. The Balaban J connectivity index is 2.96. The molecule has 1 aromatic carbocycles. The molecule has 0 saturated carbocycles. The van der Waals surface area contributed by atoms with Gasteiger partial charge in [-0.05, 0) is 30.7 Å². The minimum atomic E-state index is -0.0613. The van der Waals surface area contributed by atoms with Gasteiger partial charge in [-0.1, -0.05) is 12.1 Å². The Morgan fingerprint density at radius 2 is 1.82 bits per heavy atom. The number of carbonyl (C=O) groups excluding carboxylic acids is 2. The highest BCUT2D eigenvalue weighted by Gasteiger charge is 2.03. The number of aldehydes is 1. The lowest BCUT2D eigenvalue weighted by atomic mass is 10.1. The average molecular weight is 231 g/mol. The van der Waals surface area contributed by atoms with Gasteiger partial charge in [0.2, 0.25) is 0 Å². The van der Waals surface area contributed by atoms with Crippen LogP contribution >= 0.6 is 0 Å². The minimum absolute atomic E-state index is 0.0613. The number of Topliss-reactive ketones (excluding diaryl/α,β-unsaturated/α-hetero) is 1. The second-order valence-electron chi connectivity index (χ2n) is 4.08. The van der Waals surface area contributed by atoms with Crippen LogP contribution in [0.3, 0.4) is 0 Å². The van der Waals surface area contributed by atoms with E-state index in [0.717, 1.165) is 17.5 Å². The van der Waals surface area contributed by atoms with Crippen molar-refractivity contribution in [1.29, 1.82) is 0 Å². The average Bonchev–Trinajstić information content (AvgIpc) is 2.29. The molecule has 0 aromatic heterocycles. The number of rotatable bonds is 5. The van der Waals surface area contributed by atoms with Gasteiger partial charge in [0.25, 0.3) is 0 Å². The molecular weight excluding hydrogens is 214 g/mol. The Morgan fingerprint density at radius 3 is 2.24 bits per heavy atom. The Morgan fingerprint density at radius 1 is 1.24 bits per heavy atom. The maximum Gasteiger partial charge on any atom is 0.156 e. The Hall–Kier alpha value is -1.90. The van der Waals surface area contributed by atoms with Gasteiger partial charge in [0.1, 0.15) is 6.29 Å². The standard InChI is InChI=1S/C14H17NO2/c1-11(17)13(8-9-16)10-12-4-6-14(7-5-12)15(2)3/h4-7,9-10H,8H2,1-3H3/b13-10-. The summed E-state index contributed by atoms with van der Waals surface area (Å²) in [5, 5.41) is 0. The molecule has 0 aliphatic carbocycles. The minimum Gasteiger partial charge on any atom is -0.378 e. The summed E-state index contributed by atoms with van der Waals surface area (Å²) in [6, 6.07) is 7.82. The second kappa shape index (κ2) is 5.99. The molecule has 0 bridgehead atoms. The maximum absolute atomic E-state index is 11.3. The molecule has 3 heteroatoms. The molecule has 0 unspecified atom stereocenters. The number of carbonyl (C=O) groups is 2. The van der Waals surface area contributed by atoms with Crippen LogP contribution in [0, 0.1) is 0 Å². The lowest BCUT2D eigenvalue weighted by molar-refractivity contribution is -0.115. The molecule has 1 rings (SSSR count). The summed E-state index contributed by atoms with van der Waals surface area (Å²) >= 11 is 0. The zero-order chi connectivity index (χ0) is 12.8. The van der Waals surface area contributed by atoms with Crippen LogP contribution in [-0.4, -0.2) is 26.2 Å². The van der Waals surface area contributed by atoms with Crippen LogP contribution < -0.4 is 4.90 Å². The van der Waals surface area contributed by atoms with Crippen LogP contribution in [-0.2, 0) is 9.59 Å². The van der Waals surface area contributed by atoms with Gasteiger partial charge >= 0.3 is 0 Å². The number of hydrogen-bond donors (Lipinski definition) is 0. The summed E-state index contributed by atoms with van der Waals surface area (Å²) in [4.78, 5) is 23.7. The number of nitrogens with zero attached hydrogens (tertiary/aromatic N) is 1. The third kappa shape index (κ3) is 3.87. The molecule has 0 spiro atoms. The highest BCUT2D eigenvalue weighted by Crippen LogP contribution is 2.15. The fourth-order valence-electron chi connectivity index (χ4n) is 1.46. The van der Waals surface area contributed by atoms with Gasteiger partial charge in [0.05, 0.1) is 0 Å². The lowest BCUT2D eigenvalue weighted by Gasteiger charge is -2.12. The molecule has 0 N–H and O–H groups in total. The second-order valence-corrected chi connectivity index (χ2v) is 4.08. The molecule has 3 nitrogen and oxygen atoms in total. The first kappa shape index (κ1) is 13.2. The molecule has 0 aliphatic heterocycles. The molecule has 0 fully saturated rings. The fraction of sp³-hybridized carbons (Fsp3) is 0.286. The number of allylic oxidation sites excluding steroid dienone is 1. The van der Waals surface area contributed by atoms with E-state index in [9.17, 15) is 9.59 Å². The number of benzene rings is 1. The van der Waals surface area contributed by atoms with Gasteiger partial charge < -0.3 is 9.69 Å². The Bertz CT molecular complexity index is 430. The van der Waals surface area contributed by atoms with E-state index in [1.807, 2.05) is 43.3 Å². The smallest absolute Gasteiger partial charge is 0.156 e. The molecule has 0 radical (unpaired) electrons. The molecule has 0 saturated heterocycles. The summed E-state index contributed by atoms with van der Waals surface area (Å²) in [7, 11) is 3.94. The SMILES string of the molecule is CC(=O)/C(=C\c1ccc(N(C)C)cc1)CC=O. The van der Waals surface area contributed by atoms with Crippen molar-refractivity contribution < 1.29 is 9.59 Å². The summed E-state index contributed by atoms with van der Waals surface area (Å²) in [6.45, 7) is 1.48. The normalized spacial score (nSPS) is 11.1. The van der Waals surface area contributed by atoms with Crippen LogP contribution in [0.1, 0.15) is 18.9 Å². The van der Waals surface area contributed by atoms with E-state index in [4.69, 9.17) is 0 Å². The molecule has 0 heterocycles. The first-order valence-electron chi connectivity index (χ1n) is 5.47. The van der Waals surface area contributed by atoms with E-state index in [2.05, 4.69) is 0 Å². The van der Waals surface area contributed by atoms with E-state index < -0.39 is 0 Å². The van der Waals surface area contributed by atoms with Crippen LogP contribution in [0.5, 0.6) is 0 Å². The van der Waals surface area contributed by atoms with Gasteiger partial charge in [-0.25, -0.2) is 0 Å². The lowest BCUT2D eigenvalue weighted by Crippen LogP contribution is -2.08. The Kier molecular flexibility index (Phi) is 4.64. The molecule has 17 heavy (non-hydrogen) atoms. The molecule has 0 atom stereocenters. The van der Waals surface area contributed by atoms with Crippen LogP contribution in [0.4, 0.5) is 5.69 Å². The largest absolute Gasteiger partial charge is 0.378 e. The number of anilines is 1. The number of ketones is 1. The molecule has 1 aromatic rings. The van der Waals surface area contributed by atoms with E-state index >= 15 is 0 Å². The van der Waals surface area contributed by atoms with Crippen molar-refractivity contribution in [2.24, 2.45) is 0 Å². The van der Waals surface area contributed by atoms with E-state index in [0.29, 0.717) is 5.57 Å². The van der Waals surface area contributed by atoms with E-state index in [1.54, 1.807) is 6.08 Å². The topological polar surface area (TPSA) is 37.4 Å². The van der Waals surface area contributed by atoms with Crippen molar-refractivity contribution in [3.8, 4) is 0 Å². The number of hydrogen-bond acceptors (Lipinski definition) is 3. The molecular formula is C14H17NO2. The van der Waals surface area contributed by atoms with Crippen LogP contribution in [0.15, 0.2) is 29.8 Å². The van der Waals surface area contributed by atoms with Crippen LogP contribution in [0.25, 0.3) is 6.08 Å². The van der Waals surface area contributed by atoms with Gasteiger partial charge in [0, 0.05) is 31.8 Å². The monoisotopic (exact) mass is 231 g/mol. The maximum atomic E-state index is 11.3. The van der Waals surface area contributed by atoms with Crippen molar-refractivity contribution in [2.75, 3.05) is 19.0 Å². The summed E-state index contributed by atoms with van der Waals surface area (Å²) in [5.41, 5.74) is 2.57. The predicted molar refractivity (Wildman–Crippen MR) is 70.1 cm³/mol. The third-order valence-electron chi connectivity index (χ3n) is 2.51. The van der Waals surface area contributed by atoms with Crippen LogP contribution in [0.2, 0.25) is 0 Å². The van der Waals surface area contributed by atoms with Gasteiger partial charge in [0.15, 0.2) is 5.78 Å². The van der Waals surface area contributed by atoms with E-state index in [1.165, 1.54) is 6.92 Å². The molecule has 90 valence electrons. The highest BCUT2D eigenvalue weighted by molar-refractivity contribution is 6.00. The zero-order valence-electron chi connectivity index (χ0n) is 10.4. The fourth-order valence-corrected chi connectivity index (χ4v) is 1.46. The summed E-state index contributed by atoms with van der Waals surface area (Å²) in [6.07, 6.45) is 2.68. The first-order valence-corrected chi connectivity index (χ1v) is 5.47. The molecule has 0 amide bonds. The van der Waals surface area contributed by atoms with E-state index in [-0.39, 0.29) is 12.2 Å². The van der Waals surface area contributed by atoms with Gasteiger partial charge in [-0.3, -0.25) is 4.79 Å². The van der Waals surface area contributed by atoms with Crippen molar-refractivity contribution in [1.82, 2.24) is 0 Å². The van der Waals surface area contributed by atoms with Crippen molar-refractivity contribution in [3.63, 3.8) is 0 Å². The van der Waals surface area contributed by atoms with Gasteiger partial charge in [-0.15, -0.1) is 0 Å². The van der Waals surface area contributed by atoms with Gasteiger partial charge in [-0.2, -0.15) is 0 Å². The predicted octanol–water partition coefficient (Wildman–Crippen LogP) is 2.31. The molecule has 0 aliphatic rings. The summed E-state index contributed by atoms with van der Waals surface area (Å²) in [5.74, 6) is -0.0613. The first-order chi connectivity index (χ1) is 8.04. The third-order valence-corrected chi connectivity index (χ3v) is 2.51. The van der Waals surface area contributed by atoms with Crippen molar-refractivity contribution in [2.45, 2.75) is 13.3 Å². The Labute approximate surface area is 102 Å². The van der Waals surface area contributed by atoms with Crippen molar-refractivity contribution in [3.05, 3.63) is 35.4 Å². The zero-order valence-corrected chi connectivity index (χ0v) is 10.4. The van der Waals surface area contributed by atoms with Crippen molar-refractivity contribution >= 4 is 23.8 Å².